The molecule has 0 spiro atoms. The molecule has 3 heterocycles. The van der Waals surface area contributed by atoms with E-state index >= 15 is 0 Å². The number of hydrogen-bond donors (Lipinski definition) is 1. The van der Waals surface area contributed by atoms with Crippen LogP contribution in [0.1, 0.15) is 25.0 Å². The number of thiazole rings is 1. The second-order valence-corrected chi connectivity index (χ2v) is 5.94. The largest absolute Gasteiger partial charge is 0.315 e. The van der Waals surface area contributed by atoms with Crippen molar-refractivity contribution < 1.29 is 0 Å². The first-order chi connectivity index (χ1) is 8.31. The number of rotatable bonds is 2. The molecular formula is C12H19N3OS. The fourth-order valence-electron chi connectivity index (χ4n) is 3.00. The van der Waals surface area contributed by atoms with Crippen LogP contribution in [0.25, 0.3) is 0 Å². The predicted octanol–water partition coefficient (Wildman–Crippen LogP) is 1.11. The summed E-state index contributed by atoms with van der Waals surface area (Å²) in [4.78, 5) is 19.2. The van der Waals surface area contributed by atoms with Gasteiger partial charge in [-0.2, -0.15) is 0 Å². The molecule has 2 fully saturated rings. The maximum Gasteiger partial charge on any atom is 0.304 e. The number of piperidine rings is 1. The maximum absolute atomic E-state index is 11.1. The molecule has 94 valence electrons. The molecule has 0 radical (unpaired) electrons. The normalized spacial score (nSPS) is 26.9. The van der Waals surface area contributed by atoms with Crippen molar-refractivity contribution in [3.8, 4) is 0 Å². The van der Waals surface area contributed by atoms with E-state index in [1.165, 1.54) is 43.7 Å². The first kappa shape index (κ1) is 11.4. The van der Waals surface area contributed by atoms with Crippen LogP contribution in [0.5, 0.6) is 0 Å². The van der Waals surface area contributed by atoms with Gasteiger partial charge in [0.2, 0.25) is 0 Å². The Morgan fingerprint density at radius 2 is 2.29 bits per heavy atom. The maximum atomic E-state index is 11.1. The molecule has 1 unspecified atom stereocenters. The number of nitrogens with one attached hydrogen (secondary N) is 1. The minimum atomic E-state index is 0.0660. The summed E-state index contributed by atoms with van der Waals surface area (Å²) < 4.78 is 0. The lowest BCUT2D eigenvalue weighted by molar-refractivity contribution is 0.0452. The Bertz CT molecular complexity index is 427. The van der Waals surface area contributed by atoms with E-state index in [0.29, 0.717) is 0 Å². The summed E-state index contributed by atoms with van der Waals surface area (Å²) in [5.41, 5.74) is 1.07. The molecule has 2 aliphatic rings. The van der Waals surface area contributed by atoms with E-state index in [2.05, 4.69) is 14.8 Å². The topological polar surface area (TPSA) is 39.3 Å². The zero-order valence-corrected chi connectivity index (χ0v) is 10.8. The molecule has 3 rings (SSSR count). The van der Waals surface area contributed by atoms with Crippen LogP contribution >= 0.6 is 11.3 Å². The Morgan fingerprint density at radius 3 is 3.12 bits per heavy atom. The highest BCUT2D eigenvalue weighted by Gasteiger charge is 2.28. The standard InChI is InChI=1S/C12H19N3OS/c16-12-13-10(9-17-12)7-14-5-6-15-4-2-1-3-11(15)8-14/h9,11H,1-8H2,(H,13,16). The van der Waals surface area contributed by atoms with Gasteiger partial charge in [0.1, 0.15) is 0 Å². The van der Waals surface area contributed by atoms with Crippen molar-refractivity contribution in [3.05, 3.63) is 20.7 Å². The molecule has 1 aromatic heterocycles. The fourth-order valence-corrected chi connectivity index (χ4v) is 3.57. The zero-order chi connectivity index (χ0) is 11.7. The molecule has 17 heavy (non-hydrogen) atoms. The van der Waals surface area contributed by atoms with Crippen LogP contribution in [0.15, 0.2) is 10.2 Å². The average Bonchev–Trinajstić information content (AvgIpc) is 2.75. The van der Waals surface area contributed by atoms with Crippen molar-refractivity contribution in [2.75, 3.05) is 26.2 Å². The van der Waals surface area contributed by atoms with Crippen molar-refractivity contribution in [1.29, 1.82) is 0 Å². The van der Waals surface area contributed by atoms with Crippen molar-refractivity contribution in [2.24, 2.45) is 0 Å². The minimum absolute atomic E-state index is 0.0660. The van der Waals surface area contributed by atoms with Crippen molar-refractivity contribution >= 4 is 11.3 Å². The molecule has 0 amide bonds. The zero-order valence-electron chi connectivity index (χ0n) is 10.0. The predicted molar refractivity (Wildman–Crippen MR) is 69.4 cm³/mol. The second kappa shape index (κ2) is 4.92. The van der Waals surface area contributed by atoms with E-state index < -0.39 is 0 Å². The van der Waals surface area contributed by atoms with Gasteiger partial charge in [-0.1, -0.05) is 17.8 Å². The van der Waals surface area contributed by atoms with Gasteiger partial charge in [0, 0.05) is 43.3 Å². The minimum Gasteiger partial charge on any atom is -0.315 e. The van der Waals surface area contributed by atoms with Gasteiger partial charge in [0.15, 0.2) is 0 Å². The molecule has 2 saturated heterocycles. The van der Waals surface area contributed by atoms with Crippen molar-refractivity contribution in [2.45, 2.75) is 31.8 Å². The van der Waals surface area contributed by atoms with E-state index in [4.69, 9.17) is 0 Å². The molecule has 2 aliphatic heterocycles. The third-order valence-corrected chi connectivity index (χ3v) is 4.60. The van der Waals surface area contributed by atoms with Crippen LogP contribution in [0, 0.1) is 0 Å². The summed E-state index contributed by atoms with van der Waals surface area (Å²) in [5.74, 6) is 0. The highest BCUT2D eigenvalue weighted by molar-refractivity contribution is 7.07. The quantitative estimate of drug-likeness (QED) is 0.858. The van der Waals surface area contributed by atoms with Crippen LogP contribution in [0.3, 0.4) is 0 Å². The van der Waals surface area contributed by atoms with E-state index in [0.717, 1.165) is 31.4 Å². The monoisotopic (exact) mass is 253 g/mol. The van der Waals surface area contributed by atoms with Gasteiger partial charge in [-0.3, -0.25) is 14.6 Å². The Balaban J connectivity index is 1.60. The Kier molecular flexibility index (Phi) is 3.31. The van der Waals surface area contributed by atoms with Crippen molar-refractivity contribution in [1.82, 2.24) is 14.8 Å². The third kappa shape index (κ3) is 2.61. The lowest BCUT2D eigenvalue weighted by Gasteiger charge is -2.43. The highest BCUT2D eigenvalue weighted by atomic mass is 32.1. The van der Waals surface area contributed by atoms with Gasteiger partial charge >= 0.3 is 4.87 Å². The van der Waals surface area contributed by atoms with Gasteiger partial charge in [-0.05, 0) is 19.4 Å². The molecule has 0 saturated carbocycles. The van der Waals surface area contributed by atoms with Crippen LogP contribution in [0.2, 0.25) is 0 Å². The van der Waals surface area contributed by atoms with Gasteiger partial charge < -0.3 is 4.98 Å². The van der Waals surface area contributed by atoms with Crippen LogP contribution in [-0.4, -0.2) is 47.0 Å². The van der Waals surface area contributed by atoms with Crippen LogP contribution in [0.4, 0.5) is 0 Å². The first-order valence-electron chi connectivity index (χ1n) is 6.44. The van der Waals surface area contributed by atoms with Gasteiger partial charge in [0.25, 0.3) is 0 Å². The number of H-pyrrole nitrogens is 1. The van der Waals surface area contributed by atoms with E-state index in [9.17, 15) is 4.79 Å². The highest BCUT2D eigenvalue weighted by Crippen LogP contribution is 2.21. The Hall–Kier alpha value is -0.650. The number of piperazine rings is 1. The molecule has 4 nitrogen and oxygen atoms in total. The number of aromatic amines is 1. The molecule has 0 aromatic carbocycles. The van der Waals surface area contributed by atoms with Crippen LogP contribution in [-0.2, 0) is 6.54 Å². The number of nitrogens with zero attached hydrogens (tertiary/aromatic N) is 2. The molecular weight excluding hydrogens is 234 g/mol. The number of hydrogen-bond acceptors (Lipinski definition) is 4. The number of aromatic nitrogens is 1. The van der Waals surface area contributed by atoms with E-state index in [-0.39, 0.29) is 4.87 Å². The molecule has 0 aliphatic carbocycles. The molecule has 1 atom stereocenters. The van der Waals surface area contributed by atoms with Crippen LogP contribution < -0.4 is 4.87 Å². The number of fused-ring (bicyclic) bond motifs is 1. The summed E-state index contributed by atoms with van der Waals surface area (Å²) in [5, 5.41) is 1.95. The summed E-state index contributed by atoms with van der Waals surface area (Å²) in [7, 11) is 0. The lowest BCUT2D eigenvalue weighted by atomic mass is 9.99. The molecule has 1 aromatic rings. The smallest absolute Gasteiger partial charge is 0.304 e. The van der Waals surface area contributed by atoms with E-state index in [1.807, 2.05) is 5.38 Å². The second-order valence-electron chi connectivity index (χ2n) is 5.09. The Labute approximate surface area is 105 Å². The Morgan fingerprint density at radius 1 is 1.35 bits per heavy atom. The van der Waals surface area contributed by atoms with Crippen molar-refractivity contribution in [3.63, 3.8) is 0 Å². The summed E-state index contributed by atoms with van der Waals surface area (Å²) in [6.45, 7) is 5.68. The summed E-state index contributed by atoms with van der Waals surface area (Å²) in [6, 6.07) is 0.753. The summed E-state index contributed by atoms with van der Waals surface area (Å²) >= 11 is 1.27. The third-order valence-electron chi connectivity index (χ3n) is 3.89. The first-order valence-corrected chi connectivity index (χ1v) is 7.32. The van der Waals surface area contributed by atoms with Gasteiger partial charge in [-0.15, -0.1) is 0 Å². The molecule has 0 bridgehead atoms. The SMILES string of the molecule is O=c1[nH]c(CN2CCN3CCCCC3C2)cs1. The van der Waals surface area contributed by atoms with Gasteiger partial charge in [-0.25, -0.2) is 0 Å². The molecule has 5 heteroatoms. The van der Waals surface area contributed by atoms with Gasteiger partial charge in [0.05, 0.1) is 0 Å². The average molecular weight is 253 g/mol. The fraction of sp³-hybridized carbons (Fsp3) is 0.750. The lowest BCUT2D eigenvalue weighted by Crippen LogP contribution is -2.54. The molecule has 1 N–H and O–H groups in total. The summed E-state index contributed by atoms with van der Waals surface area (Å²) in [6.07, 6.45) is 4.09. The van der Waals surface area contributed by atoms with E-state index in [1.54, 1.807) is 0 Å².